The fourth-order valence-corrected chi connectivity index (χ4v) is 4.14. The monoisotopic (exact) mass is 363 g/mol. The number of benzene rings is 1. The molecule has 3 aromatic rings. The second kappa shape index (κ2) is 6.76. The molecular formula is C21H25N5O. The first-order chi connectivity index (χ1) is 13.3. The smallest absolute Gasteiger partial charge is 0.229 e. The molecule has 140 valence electrons. The molecule has 6 nitrogen and oxygen atoms in total. The Hall–Kier alpha value is -2.76. The number of nitrogens with zero attached hydrogens (tertiary/aromatic N) is 4. The first-order valence-corrected chi connectivity index (χ1v) is 9.87. The van der Waals surface area contributed by atoms with E-state index >= 15 is 0 Å². The Balaban J connectivity index is 1.61. The van der Waals surface area contributed by atoms with Gasteiger partial charge in [-0.2, -0.15) is 9.97 Å². The Bertz CT molecular complexity index is 937. The third-order valence-corrected chi connectivity index (χ3v) is 5.65. The molecule has 2 saturated heterocycles. The van der Waals surface area contributed by atoms with Gasteiger partial charge in [-0.25, -0.2) is 0 Å². The van der Waals surface area contributed by atoms with Crippen molar-refractivity contribution < 1.29 is 4.74 Å². The molecule has 0 bridgehead atoms. The van der Waals surface area contributed by atoms with Crippen LogP contribution in [0.4, 0.5) is 11.8 Å². The SMILES string of the molecule is COc1ccc(-c2cc3c(N4CCCC4)nc(N4CCCC4)nc3[nH]2)cc1. The summed E-state index contributed by atoms with van der Waals surface area (Å²) >= 11 is 0. The molecule has 0 saturated carbocycles. The lowest BCUT2D eigenvalue weighted by Gasteiger charge is -2.21. The molecule has 0 aliphatic carbocycles. The van der Waals surface area contributed by atoms with Crippen molar-refractivity contribution in [1.82, 2.24) is 15.0 Å². The molecule has 5 rings (SSSR count). The van der Waals surface area contributed by atoms with Gasteiger partial charge in [0, 0.05) is 31.9 Å². The zero-order chi connectivity index (χ0) is 18.2. The van der Waals surface area contributed by atoms with Crippen molar-refractivity contribution in [2.24, 2.45) is 0 Å². The average Bonchev–Trinajstić information content (AvgIpc) is 3.48. The van der Waals surface area contributed by atoms with Crippen LogP contribution in [0.1, 0.15) is 25.7 Å². The highest BCUT2D eigenvalue weighted by molar-refractivity contribution is 5.93. The van der Waals surface area contributed by atoms with Crippen molar-refractivity contribution in [3.8, 4) is 17.0 Å². The van der Waals surface area contributed by atoms with Gasteiger partial charge in [-0.1, -0.05) is 0 Å². The van der Waals surface area contributed by atoms with Gasteiger partial charge in [-0.3, -0.25) is 0 Å². The summed E-state index contributed by atoms with van der Waals surface area (Å²) in [7, 11) is 1.69. The second-order valence-corrected chi connectivity index (χ2v) is 7.41. The normalized spacial score (nSPS) is 17.2. The van der Waals surface area contributed by atoms with Crippen LogP contribution in [0, 0.1) is 0 Å². The zero-order valence-electron chi connectivity index (χ0n) is 15.7. The van der Waals surface area contributed by atoms with Crippen LogP contribution in [-0.4, -0.2) is 48.2 Å². The Morgan fingerprint density at radius 2 is 1.56 bits per heavy atom. The standard InChI is InChI=1S/C21H25N5O/c1-27-16-8-6-15(7-9-16)18-14-17-19(22-18)23-21(26-12-4-5-13-26)24-20(17)25-10-2-3-11-25/h6-9,14H,2-5,10-13H2,1H3,(H,22,23,24). The number of nitrogens with one attached hydrogen (secondary N) is 1. The number of H-pyrrole nitrogens is 1. The van der Waals surface area contributed by atoms with Gasteiger partial charge in [0.2, 0.25) is 5.95 Å². The number of aromatic nitrogens is 3. The maximum atomic E-state index is 5.28. The summed E-state index contributed by atoms with van der Waals surface area (Å²) in [6.07, 6.45) is 4.92. The van der Waals surface area contributed by atoms with Gasteiger partial charge in [0.25, 0.3) is 0 Å². The molecular weight excluding hydrogens is 338 g/mol. The van der Waals surface area contributed by atoms with E-state index in [4.69, 9.17) is 14.7 Å². The predicted octanol–water partition coefficient (Wildman–Crippen LogP) is 3.83. The highest BCUT2D eigenvalue weighted by Crippen LogP contribution is 2.33. The largest absolute Gasteiger partial charge is 0.497 e. The second-order valence-electron chi connectivity index (χ2n) is 7.41. The summed E-state index contributed by atoms with van der Waals surface area (Å²) < 4.78 is 5.28. The van der Waals surface area contributed by atoms with E-state index in [0.29, 0.717) is 0 Å². The van der Waals surface area contributed by atoms with Crippen LogP contribution in [0.3, 0.4) is 0 Å². The molecule has 2 aromatic heterocycles. The van der Waals surface area contributed by atoms with Gasteiger partial charge in [-0.05, 0) is 61.6 Å². The van der Waals surface area contributed by atoms with Crippen LogP contribution in [0.5, 0.6) is 5.75 Å². The molecule has 1 aromatic carbocycles. The van der Waals surface area contributed by atoms with Crippen molar-refractivity contribution in [2.45, 2.75) is 25.7 Å². The van der Waals surface area contributed by atoms with E-state index < -0.39 is 0 Å². The topological polar surface area (TPSA) is 57.3 Å². The molecule has 0 radical (unpaired) electrons. The average molecular weight is 363 g/mol. The summed E-state index contributed by atoms with van der Waals surface area (Å²) in [4.78, 5) is 18.1. The van der Waals surface area contributed by atoms with E-state index in [-0.39, 0.29) is 0 Å². The Labute approximate surface area is 159 Å². The summed E-state index contributed by atoms with van der Waals surface area (Å²) in [5.74, 6) is 2.81. The lowest BCUT2D eigenvalue weighted by atomic mass is 10.1. The van der Waals surface area contributed by atoms with E-state index in [9.17, 15) is 0 Å². The maximum Gasteiger partial charge on any atom is 0.229 e. The minimum atomic E-state index is 0.865. The van der Waals surface area contributed by atoms with E-state index in [1.165, 1.54) is 25.7 Å². The van der Waals surface area contributed by atoms with E-state index in [1.807, 2.05) is 12.1 Å². The maximum absolute atomic E-state index is 5.28. The molecule has 2 aliphatic rings. The van der Waals surface area contributed by atoms with Crippen LogP contribution < -0.4 is 14.5 Å². The van der Waals surface area contributed by atoms with E-state index in [1.54, 1.807) is 7.11 Å². The first-order valence-electron chi connectivity index (χ1n) is 9.87. The quantitative estimate of drug-likeness (QED) is 0.763. The fourth-order valence-electron chi connectivity index (χ4n) is 4.14. The number of hydrogen-bond acceptors (Lipinski definition) is 5. The van der Waals surface area contributed by atoms with Crippen LogP contribution in [-0.2, 0) is 0 Å². The van der Waals surface area contributed by atoms with Crippen molar-refractivity contribution in [3.05, 3.63) is 30.3 Å². The molecule has 27 heavy (non-hydrogen) atoms. The lowest BCUT2D eigenvalue weighted by Crippen LogP contribution is -2.24. The minimum Gasteiger partial charge on any atom is -0.497 e. The molecule has 6 heteroatoms. The van der Waals surface area contributed by atoms with Crippen LogP contribution >= 0.6 is 0 Å². The molecule has 2 fully saturated rings. The van der Waals surface area contributed by atoms with Gasteiger partial charge in [-0.15, -0.1) is 0 Å². The summed E-state index contributed by atoms with van der Waals surface area (Å²) in [6, 6.07) is 10.3. The van der Waals surface area contributed by atoms with Crippen LogP contribution in [0.25, 0.3) is 22.3 Å². The van der Waals surface area contributed by atoms with E-state index in [2.05, 4.69) is 33.0 Å². The molecule has 0 spiro atoms. The minimum absolute atomic E-state index is 0.865. The van der Waals surface area contributed by atoms with Gasteiger partial charge in [0.1, 0.15) is 17.2 Å². The van der Waals surface area contributed by atoms with Gasteiger partial charge < -0.3 is 19.5 Å². The number of hydrogen-bond donors (Lipinski definition) is 1. The zero-order valence-corrected chi connectivity index (χ0v) is 15.7. The van der Waals surface area contributed by atoms with Crippen molar-refractivity contribution in [3.63, 3.8) is 0 Å². The van der Waals surface area contributed by atoms with Gasteiger partial charge >= 0.3 is 0 Å². The highest BCUT2D eigenvalue weighted by atomic mass is 16.5. The third-order valence-electron chi connectivity index (χ3n) is 5.65. The van der Waals surface area contributed by atoms with Crippen molar-refractivity contribution in [2.75, 3.05) is 43.1 Å². The third kappa shape index (κ3) is 2.99. The van der Waals surface area contributed by atoms with Gasteiger partial charge in [0.15, 0.2) is 0 Å². The molecule has 2 aliphatic heterocycles. The highest BCUT2D eigenvalue weighted by Gasteiger charge is 2.23. The molecule has 1 N–H and O–H groups in total. The van der Waals surface area contributed by atoms with Crippen LogP contribution in [0.15, 0.2) is 30.3 Å². The number of ether oxygens (including phenoxy) is 1. The van der Waals surface area contributed by atoms with Gasteiger partial charge in [0.05, 0.1) is 12.5 Å². The first kappa shape index (κ1) is 16.4. The van der Waals surface area contributed by atoms with Crippen LogP contribution in [0.2, 0.25) is 0 Å². The Morgan fingerprint density at radius 3 is 2.22 bits per heavy atom. The fraction of sp³-hybridized carbons (Fsp3) is 0.429. The number of rotatable bonds is 4. The Morgan fingerprint density at radius 1 is 0.889 bits per heavy atom. The molecule has 0 unspecified atom stereocenters. The number of aromatic amines is 1. The Kier molecular flexibility index (Phi) is 4.11. The summed E-state index contributed by atoms with van der Waals surface area (Å²) in [5, 5.41) is 1.12. The molecule has 4 heterocycles. The number of fused-ring (bicyclic) bond motifs is 1. The van der Waals surface area contributed by atoms with E-state index in [0.717, 1.165) is 66.0 Å². The summed E-state index contributed by atoms with van der Waals surface area (Å²) in [5.41, 5.74) is 3.13. The molecule has 0 amide bonds. The predicted molar refractivity (Wildman–Crippen MR) is 109 cm³/mol. The number of anilines is 2. The van der Waals surface area contributed by atoms with Crippen molar-refractivity contribution >= 4 is 22.8 Å². The number of methoxy groups -OCH3 is 1. The molecule has 0 atom stereocenters. The lowest BCUT2D eigenvalue weighted by molar-refractivity contribution is 0.415. The summed E-state index contributed by atoms with van der Waals surface area (Å²) in [6.45, 7) is 4.26. The van der Waals surface area contributed by atoms with Crippen molar-refractivity contribution in [1.29, 1.82) is 0 Å².